The third-order valence-electron chi connectivity index (χ3n) is 2.98. The summed E-state index contributed by atoms with van der Waals surface area (Å²) in [7, 11) is 2.01. The van der Waals surface area contributed by atoms with Crippen LogP contribution in [0.1, 0.15) is 19.8 Å². The van der Waals surface area contributed by atoms with Crippen molar-refractivity contribution >= 4 is 17.5 Å². The van der Waals surface area contributed by atoms with Crippen LogP contribution >= 0.6 is 0 Å². The van der Waals surface area contributed by atoms with Crippen molar-refractivity contribution in [1.29, 1.82) is 0 Å². The molecule has 0 amide bonds. The largest absolute Gasteiger partial charge is 0.360 e. The van der Waals surface area contributed by atoms with Gasteiger partial charge in [0.15, 0.2) is 0 Å². The number of halogens is 1. The third-order valence-corrected chi connectivity index (χ3v) is 2.98. The van der Waals surface area contributed by atoms with Gasteiger partial charge in [0.2, 0.25) is 5.95 Å². The molecule has 0 aliphatic carbocycles. The fraction of sp³-hybridized carbons (Fsp3) is 0.333. The molecule has 106 valence electrons. The normalized spacial score (nSPS) is 10.3. The fourth-order valence-corrected chi connectivity index (χ4v) is 1.79. The number of anilines is 3. The standard InChI is InChI=1S/C15H19FN4/c1-3-4-11-20(2)14-9-10-17-15(19-14)18-13-7-5-12(16)6-8-13/h5-10H,3-4,11H2,1-2H3,(H,17,18,19). The highest BCUT2D eigenvalue weighted by atomic mass is 19.1. The van der Waals surface area contributed by atoms with Gasteiger partial charge in [0, 0.05) is 25.5 Å². The molecule has 4 nitrogen and oxygen atoms in total. The zero-order chi connectivity index (χ0) is 14.4. The van der Waals surface area contributed by atoms with Crippen LogP contribution in [0.2, 0.25) is 0 Å². The smallest absolute Gasteiger partial charge is 0.229 e. The molecule has 0 bridgehead atoms. The number of nitrogens with one attached hydrogen (secondary N) is 1. The summed E-state index contributed by atoms with van der Waals surface area (Å²) in [6, 6.07) is 8.00. The van der Waals surface area contributed by atoms with Gasteiger partial charge in [-0.2, -0.15) is 4.98 Å². The van der Waals surface area contributed by atoms with Gasteiger partial charge in [-0.25, -0.2) is 9.37 Å². The summed E-state index contributed by atoms with van der Waals surface area (Å²) in [5.74, 6) is 1.13. The Balaban J connectivity index is 2.07. The van der Waals surface area contributed by atoms with E-state index in [2.05, 4.69) is 27.1 Å². The molecule has 0 fully saturated rings. The van der Waals surface area contributed by atoms with Crippen LogP contribution in [-0.2, 0) is 0 Å². The van der Waals surface area contributed by atoms with E-state index in [9.17, 15) is 4.39 Å². The first kappa shape index (κ1) is 14.2. The first-order valence-corrected chi connectivity index (χ1v) is 6.76. The molecule has 2 rings (SSSR count). The van der Waals surface area contributed by atoms with Gasteiger partial charge in [0.25, 0.3) is 0 Å². The first-order valence-electron chi connectivity index (χ1n) is 6.76. The van der Waals surface area contributed by atoms with Gasteiger partial charge in [0.1, 0.15) is 11.6 Å². The number of benzene rings is 1. The summed E-state index contributed by atoms with van der Waals surface area (Å²) in [5, 5.41) is 3.07. The molecule has 2 aromatic rings. The molecular formula is C15H19FN4. The van der Waals surface area contributed by atoms with Gasteiger partial charge >= 0.3 is 0 Å². The van der Waals surface area contributed by atoms with Crippen LogP contribution in [0.15, 0.2) is 36.5 Å². The van der Waals surface area contributed by atoms with E-state index >= 15 is 0 Å². The van der Waals surface area contributed by atoms with Crippen LogP contribution in [0.5, 0.6) is 0 Å². The maximum absolute atomic E-state index is 12.8. The van der Waals surface area contributed by atoms with E-state index in [4.69, 9.17) is 0 Å². The number of rotatable bonds is 6. The molecule has 1 heterocycles. The Morgan fingerprint density at radius 1 is 1.20 bits per heavy atom. The highest BCUT2D eigenvalue weighted by molar-refractivity contribution is 5.54. The predicted molar refractivity (Wildman–Crippen MR) is 79.9 cm³/mol. The highest BCUT2D eigenvalue weighted by Crippen LogP contribution is 2.16. The molecular weight excluding hydrogens is 255 g/mol. The minimum Gasteiger partial charge on any atom is -0.360 e. The van der Waals surface area contributed by atoms with Crippen LogP contribution < -0.4 is 10.2 Å². The van der Waals surface area contributed by atoms with Gasteiger partial charge in [0.05, 0.1) is 0 Å². The molecule has 20 heavy (non-hydrogen) atoms. The second kappa shape index (κ2) is 6.84. The first-order chi connectivity index (χ1) is 9.69. The minimum absolute atomic E-state index is 0.260. The molecule has 0 saturated carbocycles. The van der Waals surface area contributed by atoms with Crippen molar-refractivity contribution in [3.63, 3.8) is 0 Å². The van der Waals surface area contributed by atoms with Crippen molar-refractivity contribution in [3.05, 3.63) is 42.3 Å². The number of unbranched alkanes of at least 4 members (excludes halogenated alkanes) is 1. The molecule has 0 spiro atoms. The lowest BCUT2D eigenvalue weighted by molar-refractivity contribution is 0.628. The summed E-state index contributed by atoms with van der Waals surface area (Å²) in [6.45, 7) is 3.12. The molecule has 0 atom stereocenters. The number of hydrogen-bond donors (Lipinski definition) is 1. The van der Waals surface area contributed by atoms with E-state index in [1.807, 2.05) is 13.1 Å². The molecule has 0 saturated heterocycles. The third kappa shape index (κ3) is 3.91. The summed E-state index contributed by atoms with van der Waals surface area (Å²) in [6.07, 6.45) is 3.99. The van der Waals surface area contributed by atoms with Crippen molar-refractivity contribution in [2.45, 2.75) is 19.8 Å². The van der Waals surface area contributed by atoms with Gasteiger partial charge in [-0.3, -0.25) is 0 Å². The zero-order valence-corrected chi connectivity index (χ0v) is 11.8. The average molecular weight is 274 g/mol. The predicted octanol–water partition coefficient (Wildman–Crippen LogP) is 3.60. The van der Waals surface area contributed by atoms with E-state index < -0.39 is 0 Å². The molecule has 0 unspecified atom stereocenters. The van der Waals surface area contributed by atoms with Crippen LogP contribution in [0.3, 0.4) is 0 Å². The highest BCUT2D eigenvalue weighted by Gasteiger charge is 2.04. The Labute approximate surface area is 118 Å². The van der Waals surface area contributed by atoms with E-state index in [1.165, 1.54) is 12.1 Å². The van der Waals surface area contributed by atoms with Gasteiger partial charge in [-0.15, -0.1) is 0 Å². The lowest BCUT2D eigenvalue weighted by atomic mass is 10.3. The zero-order valence-electron chi connectivity index (χ0n) is 11.8. The topological polar surface area (TPSA) is 41.1 Å². The van der Waals surface area contributed by atoms with E-state index in [0.29, 0.717) is 5.95 Å². The summed E-state index contributed by atoms with van der Waals surface area (Å²) >= 11 is 0. The van der Waals surface area contributed by atoms with Gasteiger partial charge in [-0.05, 0) is 36.8 Å². The van der Waals surface area contributed by atoms with E-state index in [0.717, 1.165) is 30.9 Å². The van der Waals surface area contributed by atoms with Gasteiger partial charge in [-0.1, -0.05) is 13.3 Å². The Kier molecular flexibility index (Phi) is 4.87. The van der Waals surface area contributed by atoms with Gasteiger partial charge < -0.3 is 10.2 Å². The second-order valence-electron chi connectivity index (χ2n) is 4.65. The molecule has 1 aromatic heterocycles. The molecule has 0 aliphatic heterocycles. The fourth-order valence-electron chi connectivity index (χ4n) is 1.79. The second-order valence-corrected chi connectivity index (χ2v) is 4.65. The SMILES string of the molecule is CCCCN(C)c1ccnc(Nc2ccc(F)cc2)n1. The van der Waals surface area contributed by atoms with Crippen molar-refractivity contribution < 1.29 is 4.39 Å². The maximum atomic E-state index is 12.8. The monoisotopic (exact) mass is 274 g/mol. The molecule has 5 heteroatoms. The van der Waals surface area contributed by atoms with E-state index in [-0.39, 0.29) is 5.82 Å². The summed E-state index contributed by atoms with van der Waals surface area (Å²) in [4.78, 5) is 10.7. The van der Waals surface area contributed by atoms with Crippen LogP contribution in [0.25, 0.3) is 0 Å². The summed E-state index contributed by atoms with van der Waals surface area (Å²) in [5.41, 5.74) is 0.764. The Morgan fingerprint density at radius 3 is 2.65 bits per heavy atom. The van der Waals surface area contributed by atoms with Crippen LogP contribution in [-0.4, -0.2) is 23.6 Å². The maximum Gasteiger partial charge on any atom is 0.229 e. The summed E-state index contributed by atoms with van der Waals surface area (Å²) < 4.78 is 12.8. The lowest BCUT2D eigenvalue weighted by Gasteiger charge is -2.18. The molecule has 0 aliphatic rings. The number of nitrogens with zero attached hydrogens (tertiary/aromatic N) is 3. The van der Waals surface area contributed by atoms with Crippen molar-refractivity contribution in [2.24, 2.45) is 0 Å². The Hall–Kier alpha value is -2.17. The minimum atomic E-state index is -0.260. The molecule has 1 N–H and O–H groups in total. The lowest BCUT2D eigenvalue weighted by Crippen LogP contribution is -2.19. The average Bonchev–Trinajstić information content (AvgIpc) is 2.47. The number of hydrogen-bond acceptors (Lipinski definition) is 4. The molecule has 0 radical (unpaired) electrons. The van der Waals surface area contributed by atoms with E-state index in [1.54, 1.807) is 18.3 Å². The van der Waals surface area contributed by atoms with Crippen LogP contribution in [0.4, 0.5) is 21.8 Å². The van der Waals surface area contributed by atoms with Crippen molar-refractivity contribution in [2.75, 3.05) is 23.8 Å². The Morgan fingerprint density at radius 2 is 1.95 bits per heavy atom. The quantitative estimate of drug-likeness (QED) is 0.874. The number of aromatic nitrogens is 2. The van der Waals surface area contributed by atoms with Crippen molar-refractivity contribution in [1.82, 2.24) is 9.97 Å². The molecule has 1 aromatic carbocycles. The van der Waals surface area contributed by atoms with Crippen LogP contribution in [0, 0.1) is 5.82 Å². The van der Waals surface area contributed by atoms with Crippen molar-refractivity contribution in [3.8, 4) is 0 Å². The Bertz CT molecular complexity index is 542.